The molecule has 7 heteroatoms. The molecule has 0 saturated carbocycles. The largest absolute Gasteiger partial charge is 0.416 e. The third-order valence-corrected chi connectivity index (χ3v) is 5.33. The fraction of sp³-hybridized carbons (Fsp3) is 0.231. The van der Waals surface area contributed by atoms with E-state index < -0.39 is 29.6 Å². The van der Waals surface area contributed by atoms with Gasteiger partial charge in [-0.3, -0.25) is 9.59 Å². The highest BCUT2D eigenvalue weighted by Crippen LogP contribution is 2.29. The van der Waals surface area contributed by atoms with Gasteiger partial charge < -0.3 is 10.6 Å². The summed E-state index contributed by atoms with van der Waals surface area (Å²) in [6.07, 6.45) is -3.90. The highest BCUT2D eigenvalue weighted by atomic mass is 19.4. The fourth-order valence-corrected chi connectivity index (χ4v) is 3.57. The molecule has 4 nitrogen and oxygen atoms in total. The molecule has 1 unspecified atom stereocenters. The first-order chi connectivity index (χ1) is 15.8. The van der Waals surface area contributed by atoms with Crippen molar-refractivity contribution in [3.8, 4) is 0 Å². The molecule has 0 fully saturated rings. The lowest BCUT2D eigenvalue weighted by Crippen LogP contribution is -2.45. The minimum absolute atomic E-state index is 0.0858. The summed E-state index contributed by atoms with van der Waals surface area (Å²) in [5, 5.41) is 5.27. The molecule has 0 bridgehead atoms. The topological polar surface area (TPSA) is 58.2 Å². The Morgan fingerprint density at radius 2 is 1.42 bits per heavy atom. The summed E-state index contributed by atoms with van der Waals surface area (Å²) >= 11 is 0. The van der Waals surface area contributed by atoms with Gasteiger partial charge in [0.2, 0.25) is 5.91 Å². The molecule has 2 amide bonds. The van der Waals surface area contributed by atoms with Crippen LogP contribution in [0, 0.1) is 0 Å². The van der Waals surface area contributed by atoms with Crippen LogP contribution in [0.4, 0.5) is 13.2 Å². The molecule has 172 valence electrons. The van der Waals surface area contributed by atoms with E-state index in [1.807, 2.05) is 60.7 Å². The highest BCUT2D eigenvalue weighted by molar-refractivity contribution is 5.97. The Labute approximate surface area is 190 Å². The summed E-state index contributed by atoms with van der Waals surface area (Å²) in [7, 11) is 0. The van der Waals surface area contributed by atoms with Crippen LogP contribution in [0.3, 0.4) is 0 Å². The van der Waals surface area contributed by atoms with Crippen LogP contribution in [-0.2, 0) is 11.0 Å². The van der Waals surface area contributed by atoms with Crippen molar-refractivity contribution in [1.29, 1.82) is 0 Å². The molecule has 3 rings (SSSR count). The van der Waals surface area contributed by atoms with Gasteiger partial charge in [-0.05, 0) is 42.7 Å². The Kier molecular flexibility index (Phi) is 7.87. The first-order valence-corrected chi connectivity index (χ1v) is 10.6. The van der Waals surface area contributed by atoms with Gasteiger partial charge in [-0.2, -0.15) is 13.2 Å². The molecule has 0 spiro atoms. The van der Waals surface area contributed by atoms with Crippen molar-refractivity contribution in [2.24, 2.45) is 0 Å². The Bertz CT molecular complexity index is 1030. The summed E-state index contributed by atoms with van der Waals surface area (Å²) in [5.74, 6) is -1.06. The lowest BCUT2D eigenvalue weighted by Gasteiger charge is -2.20. The van der Waals surface area contributed by atoms with Crippen molar-refractivity contribution in [2.45, 2.75) is 31.5 Å². The molecule has 0 radical (unpaired) electrons. The van der Waals surface area contributed by atoms with Crippen LogP contribution >= 0.6 is 0 Å². The number of carbonyl (C=O) groups is 2. The van der Waals surface area contributed by atoms with E-state index in [-0.39, 0.29) is 11.5 Å². The predicted octanol–water partition coefficient (Wildman–Crippen LogP) is 5.16. The van der Waals surface area contributed by atoms with Crippen molar-refractivity contribution >= 4 is 11.8 Å². The maximum absolute atomic E-state index is 12.9. The zero-order valence-corrected chi connectivity index (χ0v) is 18.1. The number of amides is 2. The van der Waals surface area contributed by atoms with Gasteiger partial charge in [0.25, 0.3) is 5.91 Å². The number of halogens is 3. The SMILES string of the molecule is CC(NC(=O)c1cccc(C(F)(F)F)c1)C(=O)NCCC(c1ccccc1)c1ccccc1. The Hall–Kier alpha value is -3.61. The smallest absolute Gasteiger partial charge is 0.354 e. The lowest BCUT2D eigenvalue weighted by molar-refractivity contribution is -0.137. The second-order valence-electron chi connectivity index (χ2n) is 7.73. The number of benzene rings is 3. The van der Waals surface area contributed by atoms with E-state index in [1.165, 1.54) is 13.0 Å². The number of nitrogens with one attached hydrogen (secondary N) is 2. The molecule has 0 saturated heterocycles. The zero-order valence-electron chi connectivity index (χ0n) is 18.1. The first kappa shape index (κ1) is 24.0. The second-order valence-corrected chi connectivity index (χ2v) is 7.73. The molecule has 2 N–H and O–H groups in total. The third-order valence-electron chi connectivity index (χ3n) is 5.33. The van der Waals surface area contributed by atoms with Gasteiger partial charge in [0.15, 0.2) is 0 Å². The average Bonchev–Trinajstić information content (AvgIpc) is 2.82. The maximum atomic E-state index is 12.9. The standard InChI is InChI=1S/C26H25F3N2O2/c1-18(31-25(33)21-13-8-14-22(17-21)26(27,28)29)24(32)30-16-15-23(19-9-4-2-5-10-19)20-11-6-3-7-12-20/h2-14,17-18,23H,15-16H2,1H3,(H,30,32)(H,31,33). The van der Waals surface area contributed by atoms with Crippen molar-refractivity contribution in [3.05, 3.63) is 107 Å². The summed E-state index contributed by atoms with van der Waals surface area (Å²) in [6, 6.07) is 23.1. The Morgan fingerprint density at radius 1 is 0.848 bits per heavy atom. The number of hydrogen-bond acceptors (Lipinski definition) is 2. The Morgan fingerprint density at radius 3 is 1.97 bits per heavy atom. The van der Waals surface area contributed by atoms with E-state index in [1.54, 1.807) is 0 Å². The van der Waals surface area contributed by atoms with Crippen molar-refractivity contribution in [3.63, 3.8) is 0 Å². The van der Waals surface area contributed by atoms with Crippen LogP contribution in [0.1, 0.15) is 46.3 Å². The molecule has 0 aliphatic rings. The minimum Gasteiger partial charge on any atom is -0.354 e. The summed E-state index contributed by atoms with van der Waals surface area (Å²) < 4.78 is 38.6. The lowest BCUT2D eigenvalue weighted by atomic mass is 9.88. The molecule has 0 heterocycles. The zero-order chi connectivity index (χ0) is 23.8. The number of carbonyl (C=O) groups excluding carboxylic acids is 2. The fourth-order valence-electron chi connectivity index (χ4n) is 3.57. The van der Waals surface area contributed by atoms with Crippen LogP contribution in [-0.4, -0.2) is 24.4 Å². The van der Waals surface area contributed by atoms with Gasteiger partial charge in [-0.1, -0.05) is 66.7 Å². The van der Waals surface area contributed by atoms with Crippen molar-refractivity contribution in [1.82, 2.24) is 10.6 Å². The molecule has 0 aromatic heterocycles. The summed E-state index contributed by atoms with van der Waals surface area (Å²) in [6.45, 7) is 1.86. The first-order valence-electron chi connectivity index (χ1n) is 10.6. The molecule has 1 atom stereocenters. The molecule has 33 heavy (non-hydrogen) atoms. The highest BCUT2D eigenvalue weighted by Gasteiger charge is 2.31. The minimum atomic E-state index is -4.55. The molecular formula is C26H25F3N2O2. The Balaban J connectivity index is 1.58. The van der Waals surface area contributed by atoms with Gasteiger partial charge in [-0.15, -0.1) is 0 Å². The summed E-state index contributed by atoms with van der Waals surface area (Å²) in [4.78, 5) is 24.8. The van der Waals surface area contributed by atoms with E-state index in [4.69, 9.17) is 0 Å². The molecule has 3 aromatic rings. The third kappa shape index (κ3) is 6.68. The molecule has 0 aliphatic carbocycles. The molecule has 3 aromatic carbocycles. The van der Waals surface area contributed by atoms with E-state index >= 15 is 0 Å². The van der Waals surface area contributed by atoms with Gasteiger partial charge in [-0.25, -0.2) is 0 Å². The maximum Gasteiger partial charge on any atom is 0.416 e. The van der Waals surface area contributed by atoms with Crippen LogP contribution in [0.5, 0.6) is 0 Å². The van der Waals surface area contributed by atoms with E-state index in [2.05, 4.69) is 10.6 Å². The predicted molar refractivity (Wildman–Crippen MR) is 121 cm³/mol. The molecular weight excluding hydrogens is 429 g/mol. The van der Waals surface area contributed by atoms with E-state index in [0.29, 0.717) is 13.0 Å². The van der Waals surface area contributed by atoms with Crippen LogP contribution in [0.25, 0.3) is 0 Å². The van der Waals surface area contributed by atoms with Gasteiger partial charge >= 0.3 is 6.18 Å². The summed E-state index contributed by atoms with van der Waals surface area (Å²) in [5.41, 5.74) is 1.19. The van der Waals surface area contributed by atoms with Crippen LogP contribution < -0.4 is 10.6 Å². The van der Waals surface area contributed by atoms with E-state index in [9.17, 15) is 22.8 Å². The van der Waals surface area contributed by atoms with Crippen molar-refractivity contribution < 1.29 is 22.8 Å². The van der Waals surface area contributed by atoms with Crippen LogP contribution in [0.15, 0.2) is 84.9 Å². The van der Waals surface area contributed by atoms with Crippen LogP contribution in [0.2, 0.25) is 0 Å². The quantitative estimate of drug-likeness (QED) is 0.494. The average molecular weight is 454 g/mol. The second kappa shape index (κ2) is 10.8. The van der Waals surface area contributed by atoms with Crippen molar-refractivity contribution in [2.75, 3.05) is 6.54 Å². The monoisotopic (exact) mass is 454 g/mol. The number of hydrogen-bond donors (Lipinski definition) is 2. The van der Waals surface area contributed by atoms with E-state index in [0.717, 1.165) is 29.3 Å². The van der Waals surface area contributed by atoms with Gasteiger partial charge in [0.05, 0.1) is 5.56 Å². The molecule has 0 aliphatic heterocycles. The number of alkyl halides is 3. The van der Waals surface area contributed by atoms with Gasteiger partial charge in [0.1, 0.15) is 6.04 Å². The number of rotatable bonds is 8. The normalized spacial score (nSPS) is 12.3. The van der Waals surface area contributed by atoms with Gasteiger partial charge in [0, 0.05) is 18.0 Å².